The predicted molar refractivity (Wildman–Crippen MR) is 44.1 cm³/mol. The van der Waals surface area contributed by atoms with Crippen molar-refractivity contribution in [1.29, 1.82) is 0 Å². The van der Waals surface area contributed by atoms with Crippen LogP contribution in [0.3, 0.4) is 0 Å². The molecule has 0 aromatic heterocycles. The molecule has 1 aliphatic rings. The van der Waals surface area contributed by atoms with Crippen LogP contribution in [0.15, 0.2) is 0 Å². The third-order valence-electron chi connectivity index (χ3n) is 1.98. The Bertz CT molecular complexity index is 125. The topological polar surface area (TPSA) is 49.3 Å². The Morgan fingerprint density at radius 1 is 1.64 bits per heavy atom. The first kappa shape index (κ1) is 10.4. The molecule has 1 amide bonds. The molecule has 1 heterocycles. The summed E-state index contributed by atoms with van der Waals surface area (Å²) in [6.07, 6.45) is 1.78. The van der Waals surface area contributed by atoms with E-state index >= 15 is 0 Å². The summed E-state index contributed by atoms with van der Waals surface area (Å²) < 4.78 is 0. The normalized spacial score (nSPS) is 28.9. The molecule has 11 heavy (non-hydrogen) atoms. The second-order valence-corrected chi connectivity index (χ2v) is 2.76. The first-order valence-corrected chi connectivity index (χ1v) is 3.98. The number of hydrogen-bond donors (Lipinski definition) is 2. The zero-order valence-corrected chi connectivity index (χ0v) is 7.42. The molecule has 0 bridgehead atoms. The van der Waals surface area contributed by atoms with Gasteiger partial charge in [0, 0.05) is 19.6 Å². The van der Waals surface area contributed by atoms with Crippen molar-refractivity contribution in [2.24, 2.45) is 5.92 Å². The van der Waals surface area contributed by atoms with E-state index in [0.29, 0.717) is 12.0 Å². The average Bonchev–Trinajstić information content (AvgIpc) is 2.33. The minimum Gasteiger partial charge on any atom is -0.400 e. The maximum atomic E-state index is 10.7. The van der Waals surface area contributed by atoms with Gasteiger partial charge in [-0.05, 0) is 12.3 Å². The number of nitrogens with one attached hydrogen (secondary N) is 1. The van der Waals surface area contributed by atoms with E-state index in [2.05, 4.69) is 19.2 Å². The number of aliphatic hydroxyl groups is 1. The van der Waals surface area contributed by atoms with E-state index in [1.54, 1.807) is 0 Å². The molecule has 3 heteroatoms. The summed E-state index contributed by atoms with van der Waals surface area (Å²) in [4.78, 5) is 10.7. The molecule has 66 valence electrons. The maximum absolute atomic E-state index is 10.7. The molecule has 0 saturated carbocycles. The lowest BCUT2D eigenvalue weighted by molar-refractivity contribution is -0.119. The Morgan fingerprint density at radius 3 is 2.36 bits per heavy atom. The van der Waals surface area contributed by atoms with Gasteiger partial charge < -0.3 is 10.4 Å². The van der Waals surface area contributed by atoms with Crippen LogP contribution in [0.1, 0.15) is 26.7 Å². The number of rotatable bonds is 1. The van der Waals surface area contributed by atoms with Crippen LogP contribution < -0.4 is 5.32 Å². The van der Waals surface area contributed by atoms with Crippen LogP contribution in [-0.2, 0) is 4.79 Å². The van der Waals surface area contributed by atoms with Gasteiger partial charge in [0.05, 0.1) is 0 Å². The van der Waals surface area contributed by atoms with Crippen molar-refractivity contribution in [3.63, 3.8) is 0 Å². The Kier molecular flexibility index (Phi) is 4.86. The predicted octanol–water partition coefficient (Wildman–Crippen LogP) is 0.529. The smallest absolute Gasteiger partial charge is 0.220 e. The highest BCUT2D eigenvalue weighted by atomic mass is 16.2. The Labute approximate surface area is 67.8 Å². The molecule has 2 atom stereocenters. The lowest BCUT2D eigenvalue weighted by atomic mass is 10.0. The largest absolute Gasteiger partial charge is 0.400 e. The summed E-state index contributed by atoms with van der Waals surface area (Å²) in [5.74, 6) is 0.761. The monoisotopic (exact) mass is 159 g/mol. The standard InChI is InChI=1S/C7H13NO.CH4O/c1-3-6-5(2)4-7(9)8-6;1-2/h5-6H,3-4H2,1-2H3,(H,8,9);2H,1H3/t5-,6+;/m1./s1. The van der Waals surface area contributed by atoms with E-state index < -0.39 is 0 Å². The van der Waals surface area contributed by atoms with Crippen LogP contribution in [0, 0.1) is 5.92 Å². The van der Waals surface area contributed by atoms with Gasteiger partial charge in [-0.3, -0.25) is 4.79 Å². The lowest BCUT2D eigenvalue weighted by Crippen LogP contribution is -2.26. The SMILES string of the molecule is CC[C@@H]1NC(=O)C[C@H]1C.CO. The molecule has 0 spiro atoms. The highest BCUT2D eigenvalue weighted by Crippen LogP contribution is 2.17. The summed E-state index contributed by atoms with van der Waals surface area (Å²) in [7, 11) is 1.00. The van der Waals surface area contributed by atoms with Crippen molar-refractivity contribution in [2.75, 3.05) is 7.11 Å². The van der Waals surface area contributed by atoms with E-state index in [0.717, 1.165) is 20.0 Å². The van der Waals surface area contributed by atoms with Gasteiger partial charge in [-0.2, -0.15) is 0 Å². The summed E-state index contributed by atoms with van der Waals surface area (Å²) in [6.45, 7) is 4.22. The maximum Gasteiger partial charge on any atom is 0.220 e. The van der Waals surface area contributed by atoms with E-state index in [1.165, 1.54) is 0 Å². The van der Waals surface area contributed by atoms with E-state index in [-0.39, 0.29) is 5.91 Å². The molecule has 0 aliphatic carbocycles. The molecule has 1 aliphatic heterocycles. The van der Waals surface area contributed by atoms with Crippen molar-refractivity contribution >= 4 is 5.91 Å². The van der Waals surface area contributed by atoms with Crippen LogP contribution in [0.5, 0.6) is 0 Å². The fraction of sp³-hybridized carbons (Fsp3) is 0.875. The Morgan fingerprint density at radius 2 is 2.18 bits per heavy atom. The summed E-state index contributed by atoms with van der Waals surface area (Å²) >= 11 is 0. The van der Waals surface area contributed by atoms with Crippen molar-refractivity contribution in [2.45, 2.75) is 32.7 Å². The fourth-order valence-corrected chi connectivity index (χ4v) is 1.35. The molecule has 3 nitrogen and oxygen atoms in total. The van der Waals surface area contributed by atoms with Crippen molar-refractivity contribution in [3.8, 4) is 0 Å². The van der Waals surface area contributed by atoms with Gasteiger partial charge in [0.15, 0.2) is 0 Å². The number of amides is 1. The summed E-state index contributed by atoms with van der Waals surface area (Å²) in [5, 5.41) is 9.91. The Hall–Kier alpha value is -0.570. The molecule has 2 N–H and O–H groups in total. The third-order valence-corrected chi connectivity index (χ3v) is 1.98. The van der Waals surface area contributed by atoms with Crippen LogP contribution in [0.2, 0.25) is 0 Å². The first-order chi connectivity index (χ1) is 5.24. The summed E-state index contributed by atoms with van der Waals surface area (Å²) in [6, 6.07) is 0.442. The zero-order valence-electron chi connectivity index (χ0n) is 7.42. The van der Waals surface area contributed by atoms with Gasteiger partial charge in [0.1, 0.15) is 0 Å². The van der Waals surface area contributed by atoms with E-state index in [1.807, 2.05) is 0 Å². The van der Waals surface area contributed by atoms with Crippen molar-refractivity contribution in [3.05, 3.63) is 0 Å². The first-order valence-electron chi connectivity index (χ1n) is 3.98. The van der Waals surface area contributed by atoms with Gasteiger partial charge in [-0.15, -0.1) is 0 Å². The van der Waals surface area contributed by atoms with E-state index in [9.17, 15) is 4.79 Å². The highest BCUT2D eigenvalue weighted by Gasteiger charge is 2.26. The molecule has 0 aromatic rings. The van der Waals surface area contributed by atoms with Crippen LogP contribution in [0.4, 0.5) is 0 Å². The minimum absolute atomic E-state index is 0.217. The number of aliphatic hydroxyl groups excluding tert-OH is 1. The van der Waals surface area contributed by atoms with Gasteiger partial charge in [-0.1, -0.05) is 13.8 Å². The second kappa shape index (κ2) is 5.13. The zero-order chi connectivity index (χ0) is 8.85. The van der Waals surface area contributed by atoms with Crippen LogP contribution >= 0.6 is 0 Å². The second-order valence-electron chi connectivity index (χ2n) is 2.76. The van der Waals surface area contributed by atoms with Gasteiger partial charge in [-0.25, -0.2) is 0 Å². The van der Waals surface area contributed by atoms with Crippen molar-refractivity contribution < 1.29 is 9.90 Å². The Balaban J connectivity index is 0.000000461. The molecule has 1 fully saturated rings. The molecule has 0 radical (unpaired) electrons. The molecular formula is C8H17NO2. The third kappa shape index (κ3) is 2.89. The molecule has 0 unspecified atom stereocenters. The molecule has 0 aromatic carbocycles. The van der Waals surface area contributed by atoms with Gasteiger partial charge >= 0.3 is 0 Å². The summed E-state index contributed by atoms with van der Waals surface area (Å²) in [5.41, 5.74) is 0. The van der Waals surface area contributed by atoms with Crippen molar-refractivity contribution in [1.82, 2.24) is 5.32 Å². The average molecular weight is 159 g/mol. The van der Waals surface area contributed by atoms with E-state index in [4.69, 9.17) is 5.11 Å². The molecule has 1 saturated heterocycles. The van der Waals surface area contributed by atoms with Gasteiger partial charge in [0.2, 0.25) is 5.91 Å². The fourth-order valence-electron chi connectivity index (χ4n) is 1.35. The number of carbonyl (C=O) groups is 1. The minimum atomic E-state index is 0.217. The van der Waals surface area contributed by atoms with Crippen LogP contribution in [0.25, 0.3) is 0 Å². The number of hydrogen-bond acceptors (Lipinski definition) is 2. The quantitative estimate of drug-likeness (QED) is 0.586. The molecule has 1 rings (SSSR count). The number of carbonyl (C=O) groups excluding carboxylic acids is 1. The lowest BCUT2D eigenvalue weighted by Gasteiger charge is -2.10. The van der Waals surface area contributed by atoms with Crippen LogP contribution in [-0.4, -0.2) is 24.2 Å². The van der Waals surface area contributed by atoms with Gasteiger partial charge in [0.25, 0.3) is 0 Å². The molecular weight excluding hydrogens is 142 g/mol. The highest BCUT2D eigenvalue weighted by molar-refractivity contribution is 5.78.